The van der Waals surface area contributed by atoms with Crippen LogP contribution in [0.25, 0.3) is 10.9 Å². The molecule has 4 rings (SSSR count). The Morgan fingerprint density at radius 3 is 2.57 bits per heavy atom. The molecule has 2 unspecified atom stereocenters. The van der Waals surface area contributed by atoms with Gasteiger partial charge in [0.1, 0.15) is 12.3 Å². The van der Waals surface area contributed by atoms with E-state index in [2.05, 4.69) is 15.6 Å². The Bertz CT molecular complexity index is 1230. The van der Waals surface area contributed by atoms with Crippen LogP contribution in [-0.4, -0.2) is 66.3 Å². The number of ether oxygens (including phenoxy) is 1. The van der Waals surface area contributed by atoms with Gasteiger partial charge in [0.25, 0.3) is 5.91 Å². The Kier molecular flexibility index (Phi) is 7.47. The van der Waals surface area contributed by atoms with Crippen molar-refractivity contribution in [3.8, 4) is 0 Å². The van der Waals surface area contributed by atoms with E-state index in [1.807, 2.05) is 0 Å². The zero-order chi connectivity index (χ0) is 27.0. The minimum Gasteiger partial charge on any atom is -0.367 e. The predicted octanol–water partition coefficient (Wildman–Crippen LogP) is 3.80. The van der Waals surface area contributed by atoms with Crippen molar-refractivity contribution >= 4 is 22.7 Å². The molecule has 0 spiro atoms. The molecule has 1 fully saturated rings. The number of aromatic nitrogens is 1. The smallest absolute Gasteiger partial charge is 0.367 e. The van der Waals surface area contributed by atoms with Crippen LogP contribution in [0.1, 0.15) is 35.8 Å². The number of likely N-dealkylation sites (tertiary alicyclic amines) is 1. The lowest BCUT2D eigenvalue weighted by molar-refractivity contribution is -0.145. The van der Waals surface area contributed by atoms with Crippen LogP contribution in [-0.2, 0) is 15.7 Å². The first kappa shape index (κ1) is 26.9. The molecule has 2 aromatic rings. The molecule has 1 aromatic heterocycles. The largest absolute Gasteiger partial charge is 0.416 e. The molecule has 1 aromatic carbocycles. The van der Waals surface area contributed by atoms with Crippen molar-refractivity contribution in [1.29, 1.82) is 0 Å². The van der Waals surface area contributed by atoms with Crippen LogP contribution >= 0.6 is 0 Å². The molecule has 2 amide bonds. The van der Waals surface area contributed by atoms with Crippen molar-refractivity contribution in [2.45, 2.75) is 44.3 Å². The van der Waals surface area contributed by atoms with Gasteiger partial charge in [0.05, 0.1) is 29.8 Å². The van der Waals surface area contributed by atoms with Gasteiger partial charge < -0.3 is 15.4 Å². The van der Waals surface area contributed by atoms with Crippen molar-refractivity contribution in [2.75, 3.05) is 26.2 Å². The summed E-state index contributed by atoms with van der Waals surface area (Å²) in [6, 6.07) is 5.46. The number of alkyl halides is 6. The van der Waals surface area contributed by atoms with Gasteiger partial charge >= 0.3 is 12.4 Å². The monoisotopic (exact) mass is 530 g/mol. The summed E-state index contributed by atoms with van der Waals surface area (Å²) < 4.78 is 81.5. The number of benzene rings is 1. The average Bonchev–Trinajstić information content (AvgIpc) is 3.25. The van der Waals surface area contributed by atoms with E-state index < -0.39 is 42.4 Å². The van der Waals surface area contributed by atoms with E-state index in [0.717, 1.165) is 17.7 Å². The highest BCUT2D eigenvalue weighted by atomic mass is 19.4. The van der Waals surface area contributed by atoms with Gasteiger partial charge in [0.15, 0.2) is 0 Å². The van der Waals surface area contributed by atoms with E-state index >= 15 is 0 Å². The Balaban J connectivity index is 1.25. The SMILES string of the molecule is CC1=C(NC(=O)c2ccc3cc(C(F)(F)F)ccc3n2)CC1NC(=O)COC1CCN(CC(F)(F)F)C1. The topological polar surface area (TPSA) is 83.6 Å². The lowest BCUT2D eigenvalue weighted by atomic mass is 9.89. The van der Waals surface area contributed by atoms with E-state index in [1.165, 1.54) is 23.1 Å². The number of hydrogen-bond acceptors (Lipinski definition) is 5. The summed E-state index contributed by atoms with van der Waals surface area (Å²) in [5.74, 6) is -0.952. The molecule has 2 aliphatic rings. The molecule has 0 bridgehead atoms. The summed E-state index contributed by atoms with van der Waals surface area (Å²) >= 11 is 0. The number of fused-ring (bicyclic) bond motifs is 1. The van der Waals surface area contributed by atoms with Crippen molar-refractivity contribution < 1.29 is 40.7 Å². The Labute approximate surface area is 207 Å². The molecule has 7 nitrogen and oxygen atoms in total. The molecule has 2 atom stereocenters. The number of nitrogens with zero attached hydrogens (tertiary/aromatic N) is 2. The third-order valence-corrected chi connectivity index (χ3v) is 6.34. The van der Waals surface area contributed by atoms with Crippen LogP contribution in [0, 0.1) is 0 Å². The van der Waals surface area contributed by atoms with Crippen LogP contribution in [0.3, 0.4) is 0 Å². The molecule has 1 saturated heterocycles. The second-order valence-corrected chi connectivity index (χ2v) is 9.11. The van der Waals surface area contributed by atoms with Gasteiger partial charge in [-0.25, -0.2) is 4.98 Å². The third-order valence-electron chi connectivity index (χ3n) is 6.34. The zero-order valence-electron chi connectivity index (χ0n) is 19.7. The maximum Gasteiger partial charge on any atom is 0.416 e. The van der Waals surface area contributed by atoms with Crippen LogP contribution in [0.2, 0.25) is 0 Å². The van der Waals surface area contributed by atoms with Gasteiger partial charge in [-0.2, -0.15) is 26.3 Å². The van der Waals surface area contributed by atoms with E-state index in [4.69, 9.17) is 4.74 Å². The number of amides is 2. The molecule has 13 heteroatoms. The Morgan fingerprint density at radius 2 is 1.89 bits per heavy atom. The van der Waals surface area contributed by atoms with Gasteiger partial charge in [0.2, 0.25) is 5.91 Å². The first-order chi connectivity index (χ1) is 17.3. The minimum absolute atomic E-state index is 0.0320. The molecule has 1 aliphatic carbocycles. The number of carbonyl (C=O) groups excluding carboxylic acids is 2. The van der Waals surface area contributed by atoms with Crippen LogP contribution in [0.4, 0.5) is 26.3 Å². The maximum atomic E-state index is 12.9. The summed E-state index contributed by atoms with van der Waals surface area (Å²) in [5.41, 5.74) is 0.775. The molecule has 2 heterocycles. The van der Waals surface area contributed by atoms with Crippen molar-refractivity contribution in [1.82, 2.24) is 20.5 Å². The maximum absolute atomic E-state index is 12.9. The van der Waals surface area contributed by atoms with Gasteiger partial charge in [-0.15, -0.1) is 0 Å². The average molecular weight is 530 g/mol. The lowest BCUT2D eigenvalue weighted by Crippen LogP contribution is -2.46. The van der Waals surface area contributed by atoms with E-state index in [1.54, 1.807) is 6.92 Å². The van der Waals surface area contributed by atoms with Crippen molar-refractivity contribution in [2.24, 2.45) is 0 Å². The van der Waals surface area contributed by atoms with Gasteiger partial charge in [-0.3, -0.25) is 14.5 Å². The second-order valence-electron chi connectivity index (χ2n) is 9.11. The lowest BCUT2D eigenvalue weighted by Gasteiger charge is -2.32. The fourth-order valence-electron chi connectivity index (χ4n) is 4.30. The highest BCUT2D eigenvalue weighted by molar-refractivity contribution is 5.96. The molecule has 200 valence electrons. The van der Waals surface area contributed by atoms with E-state index in [-0.39, 0.29) is 42.3 Å². The molecular weight excluding hydrogens is 506 g/mol. The molecule has 0 saturated carbocycles. The molecule has 0 radical (unpaired) electrons. The van der Waals surface area contributed by atoms with Crippen LogP contribution < -0.4 is 10.6 Å². The Hall–Kier alpha value is -3.19. The molecule has 2 N–H and O–H groups in total. The summed E-state index contributed by atoms with van der Waals surface area (Å²) in [7, 11) is 0. The van der Waals surface area contributed by atoms with Crippen LogP contribution in [0.5, 0.6) is 0 Å². The quantitative estimate of drug-likeness (QED) is 0.533. The van der Waals surface area contributed by atoms with E-state index in [9.17, 15) is 35.9 Å². The molecule has 37 heavy (non-hydrogen) atoms. The van der Waals surface area contributed by atoms with Crippen LogP contribution in [0.15, 0.2) is 41.6 Å². The summed E-state index contributed by atoms with van der Waals surface area (Å²) in [6.07, 6.45) is -8.46. The summed E-state index contributed by atoms with van der Waals surface area (Å²) in [6.45, 7) is 0.793. The highest BCUT2D eigenvalue weighted by Crippen LogP contribution is 2.31. The van der Waals surface area contributed by atoms with Crippen molar-refractivity contribution in [3.05, 3.63) is 52.9 Å². The normalized spacial score (nSPS) is 20.7. The van der Waals surface area contributed by atoms with Crippen molar-refractivity contribution in [3.63, 3.8) is 0 Å². The standard InChI is InChI=1S/C24H24F6N4O3/c1-13-19(32-21(35)11-37-16-6-7-34(10-16)12-23(25,26)27)9-20(13)33-22(36)18-4-2-14-8-15(24(28,29)30)3-5-17(14)31-18/h2-5,8,16,19H,6-7,9-12H2,1H3,(H,32,35)(H,33,36). The molecule has 1 aliphatic heterocycles. The molecular formula is C24H24F6N4O3. The number of hydrogen-bond donors (Lipinski definition) is 2. The highest BCUT2D eigenvalue weighted by Gasteiger charge is 2.35. The number of nitrogens with one attached hydrogen (secondary N) is 2. The summed E-state index contributed by atoms with van der Waals surface area (Å²) in [4.78, 5) is 30.2. The predicted molar refractivity (Wildman–Crippen MR) is 120 cm³/mol. The third kappa shape index (κ3) is 6.77. The van der Waals surface area contributed by atoms with E-state index in [0.29, 0.717) is 18.5 Å². The Morgan fingerprint density at radius 1 is 1.14 bits per heavy atom. The first-order valence-electron chi connectivity index (χ1n) is 11.5. The fourth-order valence-corrected chi connectivity index (χ4v) is 4.30. The minimum atomic E-state index is -4.48. The second kappa shape index (κ2) is 10.3. The van der Waals surface area contributed by atoms with Gasteiger partial charge in [-0.1, -0.05) is 6.07 Å². The number of rotatable bonds is 7. The zero-order valence-corrected chi connectivity index (χ0v) is 19.7. The van der Waals surface area contributed by atoms with Gasteiger partial charge in [-0.05, 0) is 43.2 Å². The number of pyridine rings is 1. The number of carbonyl (C=O) groups is 2. The van der Waals surface area contributed by atoms with Gasteiger partial charge in [0, 0.05) is 30.6 Å². The summed E-state index contributed by atoms with van der Waals surface area (Å²) in [5, 5.41) is 5.71. The first-order valence-corrected chi connectivity index (χ1v) is 11.5. The number of halogens is 6. The fraction of sp³-hybridized carbons (Fsp3) is 0.458.